The molecule has 1 saturated heterocycles. The predicted molar refractivity (Wildman–Crippen MR) is 105 cm³/mol. The Labute approximate surface area is 171 Å². The van der Waals surface area contributed by atoms with Crippen LogP contribution in [-0.4, -0.2) is 62.3 Å². The molecule has 3 aromatic heterocycles. The molecule has 2 unspecified atom stereocenters. The molecule has 1 aliphatic heterocycles. The molecule has 0 radical (unpaired) electrons. The summed E-state index contributed by atoms with van der Waals surface area (Å²) in [4.78, 5) is 21.2. The Morgan fingerprint density at radius 3 is 2.37 bits per heavy atom. The minimum Gasteiger partial charge on any atom is -0.379 e. The first-order chi connectivity index (χ1) is 14.3. The van der Waals surface area contributed by atoms with Gasteiger partial charge in [0.15, 0.2) is 11.8 Å². The number of alkyl halides is 3. The number of aromatic nitrogens is 4. The molecule has 4 rings (SSSR count). The van der Waals surface area contributed by atoms with Crippen LogP contribution in [0.3, 0.4) is 0 Å². The van der Waals surface area contributed by atoms with E-state index in [1.807, 2.05) is 29.2 Å². The first-order valence-corrected chi connectivity index (χ1v) is 9.60. The van der Waals surface area contributed by atoms with Crippen molar-refractivity contribution in [2.75, 3.05) is 31.1 Å². The Balaban J connectivity index is 1.39. The molecule has 0 aliphatic carbocycles. The van der Waals surface area contributed by atoms with Crippen molar-refractivity contribution in [3.05, 3.63) is 54.1 Å². The number of aliphatic hydroxyl groups is 1. The van der Waals surface area contributed by atoms with E-state index in [4.69, 9.17) is 0 Å². The van der Waals surface area contributed by atoms with Crippen LogP contribution in [-0.2, 0) is 0 Å². The Bertz CT molecular complexity index is 1010. The fourth-order valence-corrected chi connectivity index (χ4v) is 3.52. The molecule has 0 spiro atoms. The zero-order valence-corrected chi connectivity index (χ0v) is 16.3. The molecule has 0 bridgehead atoms. The van der Waals surface area contributed by atoms with Crippen molar-refractivity contribution in [3.63, 3.8) is 0 Å². The standard InChI is InChI=1S/C20H21F3N6O/c1-13(16-5-4-14-3-2-6-24-18(14)27-16)28-7-9-29(10-8-28)19-25-11-15(12-26-19)17(30)20(21,22)23/h2-6,11-13,17,30H,7-10H2,1H3. The van der Waals surface area contributed by atoms with E-state index in [0.717, 1.165) is 42.2 Å². The van der Waals surface area contributed by atoms with Gasteiger partial charge in [-0.3, -0.25) is 4.90 Å². The molecule has 1 aliphatic rings. The number of hydrogen-bond donors (Lipinski definition) is 1. The molecule has 10 heteroatoms. The number of fused-ring (bicyclic) bond motifs is 1. The van der Waals surface area contributed by atoms with E-state index in [9.17, 15) is 18.3 Å². The molecule has 3 aromatic rings. The Kier molecular flexibility index (Phi) is 5.52. The van der Waals surface area contributed by atoms with Crippen molar-refractivity contribution in [1.82, 2.24) is 24.8 Å². The van der Waals surface area contributed by atoms with Crippen LogP contribution in [0.25, 0.3) is 11.0 Å². The maximum atomic E-state index is 12.6. The first-order valence-electron chi connectivity index (χ1n) is 9.60. The summed E-state index contributed by atoms with van der Waals surface area (Å²) >= 11 is 0. The molecule has 30 heavy (non-hydrogen) atoms. The van der Waals surface area contributed by atoms with Crippen LogP contribution in [0.1, 0.15) is 30.3 Å². The number of aliphatic hydroxyl groups excluding tert-OH is 1. The first kappa shape index (κ1) is 20.4. The van der Waals surface area contributed by atoms with Crippen molar-refractivity contribution in [2.45, 2.75) is 25.2 Å². The van der Waals surface area contributed by atoms with Crippen molar-refractivity contribution >= 4 is 17.0 Å². The average molecular weight is 418 g/mol. The normalized spacial score (nSPS) is 17.8. The quantitative estimate of drug-likeness (QED) is 0.698. The fraction of sp³-hybridized carbons (Fsp3) is 0.400. The second kappa shape index (κ2) is 8.11. The molecule has 1 N–H and O–H groups in total. The van der Waals surface area contributed by atoms with E-state index in [1.165, 1.54) is 0 Å². The molecule has 2 atom stereocenters. The molecule has 1 fully saturated rings. The van der Waals surface area contributed by atoms with Gasteiger partial charge in [0.2, 0.25) is 5.95 Å². The lowest BCUT2D eigenvalue weighted by Crippen LogP contribution is -2.47. The average Bonchev–Trinajstić information content (AvgIpc) is 2.77. The van der Waals surface area contributed by atoms with Crippen LogP contribution in [0, 0.1) is 0 Å². The van der Waals surface area contributed by atoms with Gasteiger partial charge in [-0.1, -0.05) is 0 Å². The van der Waals surface area contributed by atoms with Gasteiger partial charge in [-0.2, -0.15) is 13.2 Å². The van der Waals surface area contributed by atoms with Gasteiger partial charge < -0.3 is 10.0 Å². The number of halogens is 3. The van der Waals surface area contributed by atoms with E-state index in [-0.39, 0.29) is 11.6 Å². The highest BCUT2D eigenvalue weighted by Crippen LogP contribution is 2.32. The topological polar surface area (TPSA) is 78.3 Å². The summed E-state index contributed by atoms with van der Waals surface area (Å²) in [5.41, 5.74) is 1.29. The summed E-state index contributed by atoms with van der Waals surface area (Å²) in [6.45, 7) is 4.84. The number of hydrogen-bond acceptors (Lipinski definition) is 7. The number of anilines is 1. The monoisotopic (exact) mass is 418 g/mol. The number of rotatable bonds is 4. The lowest BCUT2D eigenvalue weighted by atomic mass is 10.1. The van der Waals surface area contributed by atoms with E-state index < -0.39 is 12.3 Å². The maximum Gasteiger partial charge on any atom is 0.418 e. The van der Waals surface area contributed by atoms with Crippen LogP contribution in [0.4, 0.5) is 19.1 Å². The molecule has 7 nitrogen and oxygen atoms in total. The van der Waals surface area contributed by atoms with E-state index in [0.29, 0.717) is 19.0 Å². The van der Waals surface area contributed by atoms with Crippen LogP contribution in [0.15, 0.2) is 42.9 Å². The second-order valence-corrected chi connectivity index (χ2v) is 7.25. The van der Waals surface area contributed by atoms with Crippen molar-refractivity contribution in [1.29, 1.82) is 0 Å². The number of pyridine rings is 2. The predicted octanol–water partition coefficient (Wildman–Crippen LogP) is 2.90. The summed E-state index contributed by atoms with van der Waals surface area (Å²) in [5, 5.41) is 10.3. The number of nitrogens with zero attached hydrogens (tertiary/aromatic N) is 6. The van der Waals surface area contributed by atoms with Crippen LogP contribution >= 0.6 is 0 Å². The third-order valence-electron chi connectivity index (χ3n) is 5.34. The van der Waals surface area contributed by atoms with E-state index in [1.54, 1.807) is 6.20 Å². The molecule has 158 valence electrons. The van der Waals surface area contributed by atoms with Gasteiger partial charge in [-0.25, -0.2) is 19.9 Å². The van der Waals surface area contributed by atoms with Gasteiger partial charge in [0.1, 0.15) is 0 Å². The minimum absolute atomic E-state index is 0.101. The molecule has 0 saturated carbocycles. The summed E-state index contributed by atoms with van der Waals surface area (Å²) in [6, 6.07) is 7.98. The van der Waals surface area contributed by atoms with Crippen LogP contribution in [0.2, 0.25) is 0 Å². The van der Waals surface area contributed by atoms with E-state index >= 15 is 0 Å². The smallest absolute Gasteiger partial charge is 0.379 e. The molecular weight excluding hydrogens is 397 g/mol. The minimum atomic E-state index is -4.74. The maximum absolute atomic E-state index is 12.6. The summed E-state index contributed by atoms with van der Waals surface area (Å²) in [7, 11) is 0. The van der Waals surface area contributed by atoms with Crippen LogP contribution in [0.5, 0.6) is 0 Å². The van der Waals surface area contributed by atoms with Crippen molar-refractivity contribution < 1.29 is 18.3 Å². The third-order valence-corrected chi connectivity index (χ3v) is 5.34. The van der Waals surface area contributed by atoms with Crippen molar-refractivity contribution in [3.8, 4) is 0 Å². The highest BCUT2D eigenvalue weighted by Gasteiger charge is 2.40. The molecule has 0 amide bonds. The zero-order valence-electron chi connectivity index (χ0n) is 16.3. The molecule has 4 heterocycles. The second-order valence-electron chi connectivity index (χ2n) is 7.25. The van der Waals surface area contributed by atoms with Crippen LogP contribution < -0.4 is 4.90 Å². The van der Waals surface area contributed by atoms with E-state index in [2.05, 4.69) is 31.8 Å². The molecular formula is C20H21F3N6O. The van der Waals surface area contributed by atoms with Gasteiger partial charge in [0, 0.05) is 61.8 Å². The zero-order chi connectivity index (χ0) is 21.3. The van der Waals surface area contributed by atoms with Gasteiger partial charge in [0.25, 0.3) is 0 Å². The fourth-order valence-electron chi connectivity index (χ4n) is 3.52. The lowest BCUT2D eigenvalue weighted by molar-refractivity contribution is -0.206. The molecule has 0 aromatic carbocycles. The van der Waals surface area contributed by atoms with Gasteiger partial charge >= 0.3 is 6.18 Å². The van der Waals surface area contributed by atoms with Gasteiger partial charge in [-0.05, 0) is 31.2 Å². The summed E-state index contributed by atoms with van der Waals surface area (Å²) in [5.74, 6) is 0.355. The highest BCUT2D eigenvalue weighted by molar-refractivity contribution is 5.74. The summed E-state index contributed by atoms with van der Waals surface area (Å²) in [6.07, 6.45) is -3.53. The van der Waals surface area contributed by atoms with Gasteiger partial charge in [-0.15, -0.1) is 0 Å². The third kappa shape index (κ3) is 4.19. The Morgan fingerprint density at radius 2 is 1.70 bits per heavy atom. The SMILES string of the molecule is CC(c1ccc2cccnc2n1)N1CCN(c2ncc(C(O)C(F)(F)F)cn2)CC1. The highest BCUT2D eigenvalue weighted by atomic mass is 19.4. The largest absolute Gasteiger partial charge is 0.418 e. The van der Waals surface area contributed by atoms with Crippen molar-refractivity contribution in [2.24, 2.45) is 0 Å². The lowest BCUT2D eigenvalue weighted by Gasteiger charge is -2.37. The Hall–Kier alpha value is -2.85. The number of piperazine rings is 1. The van der Waals surface area contributed by atoms with Gasteiger partial charge in [0.05, 0.1) is 5.69 Å². The Morgan fingerprint density at radius 1 is 1.00 bits per heavy atom. The summed E-state index contributed by atoms with van der Waals surface area (Å²) < 4.78 is 37.8.